The lowest BCUT2D eigenvalue weighted by Crippen LogP contribution is -2.49. The number of aryl methyl sites for hydroxylation is 1. The van der Waals surface area contributed by atoms with E-state index in [0.29, 0.717) is 13.1 Å². The number of nitro benzene ring substituents is 1. The van der Waals surface area contributed by atoms with E-state index in [1.807, 2.05) is 4.90 Å². The Balaban J connectivity index is 2.00. The maximum absolute atomic E-state index is 11.3. The van der Waals surface area contributed by atoms with Gasteiger partial charge in [-0.05, 0) is 18.4 Å². The van der Waals surface area contributed by atoms with Crippen molar-refractivity contribution >= 4 is 11.7 Å². The van der Waals surface area contributed by atoms with Gasteiger partial charge in [-0.1, -0.05) is 12.1 Å². The minimum Gasteiger partial charge on any atom is -0.480 e. The zero-order chi connectivity index (χ0) is 19.5. The molecule has 1 fully saturated rings. The molecule has 1 heterocycles. The predicted octanol–water partition coefficient (Wildman–Crippen LogP) is 0.0650. The topological polar surface area (TPSA) is 120 Å². The van der Waals surface area contributed by atoms with Crippen LogP contribution in [-0.2, 0) is 11.2 Å². The number of nitrogens with zero attached hydrogens (tertiary/aromatic N) is 2. The van der Waals surface area contributed by atoms with Crippen molar-refractivity contribution in [3.63, 3.8) is 0 Å². The first-order valence-corrected chi connectivity index (χ1v) is 9.37. The normalized spacial score (nSPS) is 20.4. The highest BCUT2D eigenvalue weighted by molar-refractivity contribution is 5.69. The first-order chi connectivity index (χ1) is 13.1. The summed E-state index contributed by atoms with van der Waals surface area (Å²) in [5.74, 6) is -0.830. The molecule has 2 rings (SSSR count). The fourth-order valence-corrected chi connectivity index (χ4v) is 3.19. The first kappa shape index (κ1) is 21.2. The molecule has 0 radical (unpaired) electrons. The number of benzene rings is 1. The molecule has 0 spiro atoms. The number of aliphatic carboxylic acids is 1. The smallest absolute Gasteiger partial charge is 0.317 e. The number of carboxylic acids is 1. The lowest BCUT2D eigenvalue weighted by molar-refractivity contribution is -0.384. The van der Waals surface area contributed by atoms with Crippen molar-refractivity contribution in [1.29, 1.82) is 0 Å². The molecule has 150 valence electrons. The summed E-state index contributed by atoms with van der Waals surface area (Å²) in [6.45, 7) is 5.57. The Morgan fingerprint density at radius 2 is 1.74 bits per heavy atom. The minimum atomic E-state index is -0.830. The third kappa shape index (κ3) is 8.00. The molecule has 1 aromatic rings. The van der Waals surface area contributed by atoms with E-state index < -0.39 is 10.9 Å². The Labute approximate surface area is 159 Å². The predicted molar refractivity (Wildman–Crippen MR) is 103 cm³/mol. The maximum atomic E-state index is 11.3. The third-order valence-electron chi connectivity index (χ3n) is 4.68. The van der Waals surface area contributed by atoms with Crippen LogP contribution in [0.15, 0.2) is 24.3 Å². The van der Waals surface area contributed by atoms with Crippen molar-refractivity contribution in [2.45, 2.75) is 18.9 Å². The fraction of sp³-hybridized carbons (Fsp3) is 0.611. The number of nitro groups is 1. The molecule has 0 bridgehead atoms. The number of carboxylic acid groups (broad SMARTS) is 1. The number of non-ortho nitro benzene ring substituents is 1. The second-order valence-electron chi connectivity index (χ2n) is 6.68. The molecule has 1 atom stereocenters. The van der Waals surface area contributed by atoms with Gasteiger partial charge in [0.2, 0.25) is 0 Å². The summed E-state index contributed by atoms with van der Waals surface area (Å²) >= 11 is 0. The molecule has 0 saturated carbocycles. The van der Waals surface area contributed by atoms with Crippen LogP contribution in [0.2, 0.25) is 0 Å². The number of nitrogens with one attached hydrogen (secondary N) is 3. The molecule has 4 N–H and O–H groups in total. The van der Waals surface area contributed by atoms with Crippen molar-refractivity contribution in [3.8, 4) is 0 Å². The zero-order valence-corrected chi connectivity index (χ0v) is 15.5. The van der Waals surface area contributed by atoms with Gasteiger partial charge in [-0.2, -0.15) is 0 Å². The molecule has 1 unspecified atom stereocenters. The van der Waals surface area contributed by atoms with Crippen molar-refractivity contribution in [2.75, 3.05) is 52.4 Å². The van der Waals surface area contributed by atoms with Gasteiger partial charge >= 0.3 is 5.97 Å². The molecule has 1 aliphatic rings. The van der Waals surface area contributed by atoms with Crippen LogP contribution in [0.4, 0.5) is 5.69 Å². The Kier molecular flexibility index (Phi) is 9.12. The van der Waals surface area contributed by atoms with Crippen molar-refractivity contribution in [2.24, 2.45) is 0 Å². The Bertz CT molecular complexity index is 596. The summed E-state index contributed by atoms with van der Waals surface area (Å²) in [5.41, 5.74) is 1.10. The number of hydrogen-bond donors (Lipinski definition) is 4. The monoisotopic (exact) mass is 379 g/mol. The Hall–Kier alpha value is -2.07. The number of carbonyl (C=O) groups is 1. The molecular formula is C18H29N5O4. The lowest BCUT2D eigenvalue weighted by Gasteiger charge is -2.31. The van der Waals surface area contributed by atoms with E-state index in [-0.39, 0.29) is 18.3 Å². The summed E-state index contributed by atoms with van der Waals surface area (Å²) in [6, 6.07) is 6.65. The van der Waals surface area contributed by atoms with Crippen LogP contribution in [0.3, 0.4) is 0 Å². The lowest BCUT2D eigenvalue weighted by atomic mass is 10.0. The van der Waals surface area contributed by atoms with Gasteiger partial charge in [0.15, 0.2) is 0 Å². The highest BCUT2D eigenvalue weighted by Gasteiger charge is 2.21. The summed E-state index contributed by atoms with van der Waals surface area (Å²) in [4.78, 5) is 23.7. The van der Waals surface area contributed by atoms with E-state index in [2.05, 4.69) is 16.0 Å². The Morgan fingerprint density at radius 3 is 2.37 bits per heavy atom. The fourth-order valence-electron chi connectivity index (χ4n) is 3.19. The molecule has 0 aliphatic carbocycles. The van der Waals surface area contributed by atoms with E-state index in [9.17, 15) is 20.0 Å². The van der Waals surface area contributed by atoms with Gasteiger partial charge in [0, 0.05) is 64.0 Å². The molecule has 27 heavy (non-hydrogen) atoms. The average molecular weight is 379 g/mol. The van der Waals surface area contributed by atoms with Crippen LogP contribution < -0.4 is 16.0 Å². The van der Waals surface area contributed by atoms with Crippen molar-refractivity contribution in [3.05, 3.63) is 39.9 Å². The quantitative estimate of drug-likeness (QED) is 0.405. The second-order valence-corrected chi connectivity index (χ2v) is 6.68. The largest absolute Gasteiger partial charge is 0.480 e. The average Bonchev–Trinajstić information content (AvgIpc) is 2.63. The molecule has 9 nitrogen and oxygen atoms in total. The molecule has 1 aliphatic heterocycles. The summed E-state index contributed by atoms with van der Waals surface area (Å²) in [5, 5.41) is 30.1. The highest BCUT2D eigenvalue weighted by atomic mass is 16.6. The van der Waals surface area contributed by atoms with Crippen LogP contribution in [0.25, 0.3) is 0 Å². The molecular weight excluding hydrogens is 350 g/mol. The maximum Gasteiger partial charge on any atom is 0.317 e. The van der Waals surface area contributed by atoms with Gasteiger partial charge in [-0.15, -0.1) is 0 Å². The van der Waals surface area contributed by atoms with Crippen molar-refractivity contribution in [1.82, 2.24) is 20.9 Å². The number of hydrogen-bond acceptors (Lipinski definition) is 7. The van der Waals surface area contributed by atoms with Crippen LogP contribution in [0, 0.1) is 10.1 Å². The van der Waals surface area contributed by atoms with Gasteiger partial charge in [0.05, 0.1) is 11.5 Å². The van der Waals surface area contributed by atoms with E-state index in [4.69, 9.17) is 0 Å². The third-order valence-corrected chi connectivity index (χ3v) is 4.68. The van der Waals surface area contributed by atoms with Gasteiger partial charge in [-0.25, -0.2) is 0 Å². The minimum absolute atomic E-state index is 0.00649. The molecule has 1 aromatic carbocycles. The highest BCUT2D eigenvalue weighted by Crippen LogP contribution is 2.15. The molecule has 0 aromatic heterocycles. The zero-order valence-electron chi connectivity index (χ0n) is 15.5. The van der Waals surface area contributed by atoms with Gasteiger partial charge in [0.1, 0.15) is 0 Å². The van der Waals surface area contributed by atoms with Crippen LogP contribution in [0.1, 0.15) is 12.0 Å². The van der Waals surface area contributed by atoms with Crippen LogP contribution in [-0.4, -0.2) is 79.3 Å². The van der Waals surface area contributed by atoms with E-state index in [0.717, 1.165) is 51.1 Å². The molecule has 0 amide bonds. The molecule has 1 saturated heterocycles. The summed E-state index contributed by atoms with van der Waals surface area (Å²) < 4.78 is 0. The van der Waals surface area contributed by atoms with Gasteiger partial charge < -0.3 is 21.1 Å². The number of rotatable bonds is 6. The SMILES string of the molecule is O=C(O)CN1CCNCCNCCNCC1CCc1ccc([N+](=O)[O-])cc1. The summed E-state index contributed by atoms with van der Waals surface area (Å²) in [6.07, 6.45) is 1.53. The van der Waals surface area contributed by atoms with Crippen molar-refractivity contribution < 1.29 is 14.8 Å². The Morgan fingerprint density at radius 1 is 1.11 bits per heavy atom. The van der Waals surface area contributed by atoms with E-state index >= 15 is 0 Å². The summed E-state index contributed by atoms with van der Waals surface area (Å²) in [7, 11) is 0. The second kappa shape index (κ2) is 11.6. The van der Waals surface area contributed by atoms with Crippen LogP contribution in [0.5, 0.6) is 0 Å². The van der Waals surface area contributed by atoms with Crippen LogP contribution >= 0.6 is 0 Å². The standard InChI is InChI=1S/C18H29N5O4/c24-18(25)14-22-12-11-20-8-7-19-9-10-21-13-17(22)6-3-15-1-4-16(5-2-15)23(26)27/h1-2,4-5,17,19-21H,3,6-14H2,(H,24,25). The first-order valence-electron chi connectivity index (χ1n) is 9.37. The van der Waals surface area contributed by atoms with E-state index in [1.54, 1.807) is 12.1 Å². The molecule has 9 heteroatoms. The van der Waals surface area contributed by atoms with E-state index in [1.165, 1.54) is 12.1 Å². The van der Waals surface area contributed by atoms with Gasteiger partial charge in [-0.3, -0.25) is 19.8 Å². The van der Waals surface area contributed by atoms with Gasteiger partial charge in [0.25, 0.3) is 5.69 Å².